The van der Waals surface area contributed by atoms with E-state index >= 15 is 0 Å². The molecule has 0 bridgehead atoms. The molecule has 2 aromatic rings. The summed E-state index contributed by atoms with van der Waals surface area (Å²) in [6, 6.07) is 9.83. The summed E-state index contributed by atoms with van der Waals surface area (Å²) >= 11 is 12.5. The lowest BCUT2D eigenvalue weighted by Gasteiger charge is -2.32. The quantitative estimate of drug-likeness (QED) is 0.319. The third-order valence-electron chi connectivity index (χ3n) is 6.74. The summed E-state index contributed by atoms with van der Waals surface area (Å²) in [5.41, 5.74) is 3.13. The molecule has 0 spiro atoms. The number of carbonyl (C=O) groups excluding carboxylic acids is 2. The minimum Gasteiger partial charge on any atom is -0.352 e. The minimum atomic E-state index is -3.57. The van der Waals surface area contributed by atoms with Crippen LogP contribution in [-0.2, 0) is 26.2 Å². The number of anilines is 1. The van der Waals surface area contributed by atoms with Gasteiger partial charge in [0.25, 0.3) is 0 Å². The van der Waals surface area contributed by atoms with Gasteiger partial charge < -0.3 is 10.2 Å². The molecule has 2 rings (SSSR count). The molecular weight excluding hydrogens is 545 g/mol. The van der Waals surface area contributed by atoms with Crippen LogP contribution in [0.25, 0.3) is 0 Å². The third-order valence-corrected chi connectivity index (χ3v) is 8.51. The number of carbonyl (C=O) groups is 2. The molecular formula is C28H39Cl2N3O4S. The Hall–Kier alpha value is -2.29. The molecule has 10 heteroatoms. The number of amides is 2. The molecule has 210 valence electrons. The van der Waals surface area contributed by atoms with E-state index in [1.54, 1.807) is 24.3 Å². The number of nitrogens with zero attached hydrogens (tertiary/aromatic N) is 2. The lowest BCUT2D eigenvalue weighted by molar-refractivity contribution is -0.141. The van der Waals surface area contributed by atoms with Crippen molar-refractivity contribution in [3.63, 3.8) is 0 Å². The van der Waals surface area contributed by atoms with Crippen LogP contribution in [0.5, 0.6) is 0 Å². The zero-order valence-corrected chi connectivity index (χ0v) is 25.4. The van der Waals surface area contributed by atoms with Gasteiger partial charge in [-0.05, 0) is 74.9 Å². The Kier molecular flexibility index (Phi) is 11.9. The van der Waals surface area contributed by atoms with Gasteiger partial charge in [0.05, 0.1) is 11.9 Å². The first kappa shape index (κ1) is 31.9. The van der Waals surface area contributed by atoms with Gasteiger partial charge >= 0.3 is 0 Å². The maximum Gasteiger partial charge on any atom is 0.243 e. The first-order valence-corrected chi connectivity index (χ1v) is 15.5. The number of benzene rings is 2. The molecule has 2 amide bonds. The van der Waals surface area contributed by atoms with Gasteiger partial charge in [-0.15, -0.1) is 0 Å². The molecule has 0 saturated heterocycles. The molecule has 0 aliphatic carbocycles. The van der Waals surface area contributed by atoms with Gasteiger partial charge in [0.15, 0.2) is 0 Å². The molecule has 0 heterocycles. The maximum atomic E-state index is 13.6. The van der Waals surface area contributed by atoms with E-state index in [9.17, 15) is 18.0 Å². The van der Waals surface area contributed by atoms with Crippen LogP contribution in [0.15, 0.2) is 36.4 Å². The number of sulfonamides is 1. The van der Waals surface area contributed by atoms with Crippen molar-refractivity contribution in [3.05, 3.63) is 63.1 Å². The number of aryl methyl sites for hydroxylation is 1. The van der Waals surface area contributed by atoms with E-state index in [0.29, 0.717) is 27.7 Å². The van der Waals surface area contributed by atoms with E-state index < -0.39 is 16.1 Å². The van der Waals surface area contributed by atoms with Gasteiger partial charge in [0, 0.05) is 35.6 Å². The van der Waals surface area contributed by atoms with Crippen LogP contribution in [0.3, 0.4) is 0 Å². The van der Waals surface area contributed by atoms with Gasteiger partial charge in [-0.2, -0.15) is 0 Å². The van der Waals surface area contributed by atoms with E-state index in [4.69, 9.17) is 23.2 Å². The second-order valence-corrected chi connectivity index (χ2v) is 12.4. The predicted molar refractivity (Wildman–Crippen MR) is 156 cm³/mol. The summed E-state index contributed by atoms with van der Waals surface area (Å²) in [6.07, 6.45) is 2.69. The number of halogens is 2. The molecule has 0 unspecified atom stereocenters. The SMILES string of the molecule is CC[C@H](C)NC(=O)[C@H](CC)N(Cc1ccc(Cl)cc1Cl)C(=O)CCCN(c1cccc(C)c1C)S(C)(=O)=O. The molecule has 38 heavy (non-hydrogen) atoms. The van der Waals surface area contributed by atoms with E-state index in [2.05, 4.69) is 5.32 Å². The van der Waals surface area contributed by atoms with Gasteiger partial charge in [0.1, 0.15) is 6.04 Å². The van der Waals surface area contributed by atoms with Crippen molar-refractivity contribution in [2.24, 2.45) is 0 Å². The largest absolute Gasteiger partial charge is 0.352 e. The van der Waals surface area contributed by atoms with Crippen molar-refractivity contribution in [2.45, 2.75) is 78.9 Å². The molecule has 0 aliphatic rings. The normalized spacial score (nSPS) is 13.1. The summed E-state index contributed by atoms with van der Waals surface area (Å²) in [5.74, 6) is -0.481. The van der Waals surface area contributed by atoms with Crippen LogP contribution < -0.4 is 9.62 Å². The lowest BCUT2D eigenvalue weighted by atomic mass is 10.1. The van der Waals surface area contributed by atoms with Crippen molar-refractivity contribution < 1.29 is 18.0 Å². The van der Waals surface area contributed by atoms with Crippen molar-refractivity contribution in [3.8, 4) is 0 Å². The van der Waals surface area contributed by atoms with Gasteiger partial charge in [-0.3, -0.25) is 13.9 Å². The van der Waals surface area contributed by atoms with Crippen LogP contribution in [0, 0.1) is 13.8 Å². The smallest absolute Gasteiger partial charge is 0.243 e. The summed E-state index contributed by atoms with van der Waals surface area (Å²) in [7, 11) is -3.57. The monoisotopic (exact) mass is 583 g/mol. The van der Waals surface area contributed by atoms with Gasteiger partial charge in [-0.1, -0.05) is 55.2 Å². The van der Waals surface area contributed by atoms with Gasteiger partial charge in [0.2, 0.25) is 21.8 Å². The van der Waals surface area contributed by atoms with Gasteiger partial charge in [-0.25, -0.2) is 8.42 Å². The third kappa shape index (κ3) is 8.61. The van der Waals surface area contributed by atoms with Crippen molar-refractivity contribution in [1.82, 2.24) is 10.2 Å². The zero-order chi connectivity index (χ0) is 28.6. The molecule has 2 atom stereocenters. The first-order chi connectivity index (χ1) is 17.8. The maximum absolute atomic E-state index is 13.6. The van der Waals surface area contributed by atoms with E-state index in [-0.39, 0.29) is 43.8 Å². The van der Waals surface area contributed by atoms with Crippen molar-refractivity contribution >= 4 is 50.7 Å². The van der Waals surface area contributed by atoms with Crippen LogP contribution in [0.4, 0.5) is 5.69 Å². The lowest BCUT2D eigenvalue weighted by Crippen LogP contribution is -2.50. The molecule has 0 aliphatic heterocycles. The second-order valence-electron chi connectivity index (χ2n) is 9.66. The molecule has 0 radical (unpaired) electrons. The molecule has 0 saturated carbocycles. The molecule has 1 N–H and O–H groups in total. The Morgan fingerprint density at radius 3 is 2.32 bits per heavy atom. The predicted octanol–water partition coefficient (Wildman–Crippen LogP) is 5.88. The first-order valence-electron chi connectivity index (χ1n) is 12.9. The van der Waals surface area contributed by atoms with Crippen LogP contribution >= 0.6 is 23.2 Å². The Balaban J connectivity index is 2.30. The fraction of sp³-hybridized carbons (Fsp3) is 0.500. The molecule has 0 fully saturated rings. The Morgan fingerprint density at radius 1 is 1.05 bits per heavy atom. The Bertz CT molecular complexity index is 1240. The van der Waals surface area contributed by atoms with E-state index in [1.807, 2.05) is 46.8 Å². The molecule has 7 nitrogen and oxygen atoms in total. The number of rotatable bonds is 13. The second kappa shape index (κ2) is 14.2. The number of hydrogen-bond donors (Lipinski definition) is 1. The highest BCUT2D eigenvalue weighted by molar-refractivity contribution is 7.92. The van der Waals surface area contributed by atoms with Crippen molar-refractivity contribution in [1.29, 1.82) is 0 Å². The van der Waals surface area contributed by atoms with E-state index in [1.165, 1.54) is 9.21 Å². The Morgan fingerprint density at radius 2 is 1.74 bits per heavy atom. The summed E-state index contributed by atoms with van der Waals surface area (Å²) in [6.45, 7) is 9.84. The highest BCUT2D eigenvalue weighted by Crippen LogP contribution is 2.27. The average Bonchev–Trinajstić information content (AvgIpc) is 2.84. The fourth-order valence-corrected chi connectivity index (χ4v) is 5.67. The van der Waals surface area contributed by atoms with Crippen LogP contribution in [-0.4, -0.2) is 50.0 Å². The Labute approximate surface area is 237 Å². The summed E-state index contributed by atoms with van der Waals surface area (Å²) < 4.78 is 26.6. The standard InChI is InChI=1S/C28H39Cl2N3O4S/c1-7-20(4)31-28(35)25(8-2)32(18-22-14-15-23(29)17-24(22)30)27(34)13-10-16-33(38(6,36)37)26-12-9-11-19(3)21(26)5/h9,11-12,14-15,17,20,25H,7-8,10,13,16,18H2,1-6H3,(H,31,35)/t20-,25-/m0/s1. The van der Waals surface area contributed by atoms with Crippen molar-refractivity contribution in [2.75, 3.05) is 17.1 Å². The van der Waals surface area contributed by atoms with Crippen LogP contribution in [0.2, 0.25) is 10.0 Å². The molecule has 2 aromatic carbocycles. The van der Waals surface area contributed by atoms with Crippen LogP contribution in [0.1, 0.15) is 63.1 Å². The fourth-order valence-electron chi connectivity index (χ4n) is 4.18. The minimum absolute atomic E-state index is 0.0338. The zero-order valence-electron chi connectivity index (χ0n) is 23.1. The highest BCUT2D eigenvalue weighted by atomic mass is 35.5. The van der Waals surface area contributed by atoms with E-state index in [0.717, 1.165) is 23.8 Å². The number of hydrogen-bond acceptors (Lipinski definition) is 4. The topological polar surface area (TPSA) is 86.8 Å². The average molecular weight is 585 g/mol. The molecule has 0 aromatic heterocycles. The number of nitrogens with one attached hydrogen (secondary N) is 1. The summed E-state index contributed by atoms with van der Waals surface area (Å²) in [5, 5.41) is 3.86. The highest BCUT2D eigenvalue weighted by Gasteiger charge is 2.30. The summed E-state index contributed by atoms with van der Waals surface area (Å²) in [4.78, 5) is 28.3.